The zero-order chi connectivity index (χ0) is 13.8. The van der Waals surface area contributed by atoms with Crippen molar-refractivity contribution in [3.63, 3.8) is 0 Å². The molecular weight excluding hydrogens is 269 g/mol. The van der Waals surface area contributed by atoms with E-state index in [2.05, 4.69) is 4.98 Å². The standard InChI is InChI=1S/C12H8FN3O2S/c13-9-5-8(6-14)1-2-10(9)16-4-3-15-12(16)19-7-11(17)18/h1-5H,7H2,(H,17,18). The summed E-state index contributed by atoms with van der Waals surface area (Å²) in [5.41, 5.74) is 0.450. The van der Waals surface area contributed by atoms with E-state index in [0.29, 0.717) is 5.16 Å². The maximum Gasteiger partial charge on any atom is 0.313 e. The Kier molecular flexibility index (Phi) is 3.82. The molecule has 0 radical (unpaired) electrons. The van der Waals surface area contributed by atoms with E-state index in [1.165, 1.54) is 29.1 Å². The molecule has 0 saturated carbocycles. The fourth-order valence-corrected chi connectivity index (χ4v) is 2.16. The maximum absolute atomic E-state index is 13.9. The number of nitriles is 1. The Morgan fingerprint density at radius 2 is 2.37 bits per heavy atom. The molecule has 19 heavy (non-hydrogen) atoms. The lowest BCUT2D eigenvalue weighted by Gasteiger charge is -2.07. The number of hydrogen-bond donors (Lipinski definition) is 1. The molecule has 2 rings (SSSR count). The number of aromatic nitrogens is 2. The molecule has 7 heteroatoms. The van der Waals surface area contributed by atoms with Crippen LogP contribution in [0.4, 0.5) is 4.39 Å². The number of benzene rings is 1. The Bertz CT molecular complexity index is 663. The minimum Gasteiger partial charge on any atom is -0.481 e. The first-order chi connectivity index (χ1) is 9.11. The summed E-state index contributed by atoms with van der Waals surface area (Å²) in [6, 6.07) is 5.92. The molecule has 1 heterocycles. The van der Waals surface area contributed by atoms with E-state index in [1.807, 2.05) is 6.07 Å². The first-order valence-electron chi connectivity index (χ1n) is 5.20. The zero-order valence-corrected chi connectivity index (χ0v) is 10.4. The number of rotatable bonds is 4. The molecule has 0 bridgehead atoms. The van der Waals surface area contributed by atoms with E-state index in [0.717, 1.165) is 17.8 Å². The second-order valence-corrected chi connectivity index (χ2v) is 4.48. The molecule has 1 aromatic heterocycles. The zero-order valence-electron chi connectivity index (χ0n) is 9.58. The van der Waals surface area contributed by atoms with Gasteiger partial charge in [0.1, 0.15) is 5.82 Å². The van der Waals surface area contributed by atoms with Gasteiger partial charge in [0.2, 0.25) is 0 Å². The monoisotopic (exact) mass is 277 g/mol. The summed E-state index contributed by atoms with van der Waals surface area (Å²) < 4.78 is 15.3. The van der Waals surface area contributed by atoms with Gasteiger partial charge in [-0.05, 0) is 18.2 Å². The summed E-state index contributed by atoms with van der Waals surface area (Å²) in [6.07, 6.45) is 3.00. The number of carboxylic acid groups (broad SMARTS) is 1. The Morgan fingerprint density at radius 1 is 1.58 bits per heavy atom. The van der Waals surface area contributed by atoms with Crippen LogP contribution in [0.3, 0.4) is 0 Å². The van der Waals surface area contributed by atoms with Crippen molar-refractivity contribution >= 4 is 17.7 Å². The Labute approximate surface area is 112 Å². The molecule has 0 aliphatic heterocycles. The third kappa shape index (κ3) is 2.92. The lowest BCUT2D eigenvalue weighted by molar-refractivity contribution is -0.133. The third-order valence-corrected chi connectivity index (χ3v) is 3.22. The number of carbonyl (C=O) groups is 1. The van der Waals surface area contributed by atoms with Crippen molar-refractivity contribution in [3.8, 4) is 11.8 Å². The van der Waals surface area contributed by atoms with Gasteiger partial charge in [-0.15, -0.1) is 0 Å². The van der Waals surface area contributed by atoms with E-state index >= 15 is 0 Å². The summed E-state index contributed by atoms with van der Waals surface area (Å²) in [6.45, 7) is 0. The predicted octanol–water partition coefficient (Wildman–Crippen LogP) is 2.06. The fourth-order valence-electron chi connectivity index (χ4n) is 1.48. The van der Waals surface area contributed by atoms with Gasteiger partial charge in [0.25, 0.3) is 0 Å². The van der Waals surface area contributed by atoms with Crippen molar-refractivity contribution in [2.45, 2.75) is 5.16 Å². The number of thioether (sulfide) groups is 1. The highest BCUT2D eigenvalue weighted by Crippen LogP contribution is 2.22. The Balaban J connectivity index is 2.35. The van der Waals surface area contributed by atoms with Gasteiger partial charge in [0, 0.05) is 12.4 Å². The van der Waals surface area contributed by atoms with Crippen LogP contribution in [-0.2, 0) is 4.79 Å². The molecule has 1 N–H and O–H groups in total. The van der Waals surface area contributed by atoms with E-state index in [-0.39, 0.29) is 17.0 Å². The van der Waals surface area contributed by atoms with Gasteiger partial charge in [-0.3, -0.25) is 9.36 Å². The van der Waals surface area contributed by atoms with Crippen LogP contribution in [-0.4, -0.2) is 26.4 Å². The fraction of sp³-hybridized carbons (Fsp3) is 0.0833. The highest BCUT2D eigenvalue weighted by atomic mass is 32.2. The summed E-state index contributed by atoms with van der Waals surface area (Å²) >= 11 is 0.996. The van der Waals surface area contributed by atoms with Gasteiger partial charge in [0.05, 0.1) is 23.1 Å². The average Bonchev–Trinajstić information content (AvgIpc) is 2.84. The molecule has 2 aromatic rings. The van der Waals surface area contributed by atoms with Crippen LogP contribution in [0.2, 0.25) is 0 Å². The van der Waals surface area contributed by atoms with Gasteiger partial charge in [0.15, 0.2) is 5.16 Å². The van der Waals surface area contributed by atoms with Crippen molar-refractivity contribution in [1.82, 2.24) is 9.55 Å². The summed E-state index contributed by atoms with van der Waals surface area (Å²) in [5, 5.41) is 17.7. The largest absolute Gasteiger partial charge is 0.481 e. The second kappa shape index (κ2) is 5.54. The molecule has 96 valence electrons. The van der Waals surface area contributed by atoms with Gasteiger partial charge in [-0.1, -0.05) is 11.8 Å². The molecule has 0 unspecified atom stereocenters. The summed E-state index contributed by atoms with van der Waals surface area (Å²) in [7, 11) is 0. The van der Waals surface area contributed by atoms with Crippen LogP contribution in [0.15, 0.2) is 35.7 Å². The first-order valence-corrected chi connectivity index (χ1v) is 6.18. The molecule has 0 fully saturated rings. The van der Waals surface area contributed by atoms with Crippen molar-refractivity contribution in [2.75, 3.05) is 5.75 Å². The second-order valence-electron chi connectivity index (χ2n) is 3.54. The average molecular weight is 277 g/mol. The van der Waals surface area contributed by atoms with E-state index in [4.69, 9.17) is 10.4 Å². The van der Waals surface area contributed by atoms with Crippen molar-refractivity contribution < 1.29 is 14.3 Å². The van der Waals surface area contributed by atoms with Crippen molar-refractivity contribution in [1.29, 1.82) is 5.26 Å². The molecule has 1 aromatic carbocycles. The summed E-state index contributed by atoms with van der Waals surface area (Å²) in [4.78, 5) is 14.5. The molecule has 5 nitrogen and oxygen atoms in total. The number of nitrogens with zero attached hydrogens (tertiary/aromatic N) is 3. The minimum atomic E-state index is -0.972. The van der Waals surface area contributed by atoms with Crippen LogP contribution in [0.25, 0.3) is 5.69 Å². The lowest BCUT2D eigenvalue weighted by atomic mass is 10.2. The number of hydrogen-bond acceptors (Lipinski definition) is 4. The van der Waals surface area contributed by atoms with Crippen molar-refractivity contribution in [2.24, 2.45) is 0 Å². The van der Waals surface area contributed by atoms with Crippen LogP contribution < -0.4 is 0 Å². The SMILES string of the molecule is N#Cc1ccc(-n2ccnc2SCC(=O)O)c(F)c1. The van der Waals surface area contributed by atoms with Gasteiger partial charge < -0.3 is 5.11 Å². The molecule has 0 aliphatic rings. The normalized spacial score (nSPS) is 10.1. The molecular formula is C12H8FN3O2S. The van der Waals surface area contributed by atoms with Crippen LogP contribution in [0, 0.1) is 17.1 Å². The highest BCUT2D eigenvalue weighted by Gasteiger charge is 2.11. The van der Waals surface area contributed by atoms with E-state index in [9.17, 15) is 9.18 Å². The molecule has 0 spiro atoms. The van der Waals surface area contributed by atoms with Crippen LogP contribution >= 0.6 is 11.8 Å². The van der Waals surface area contributed by atoms with E-state index < -0.39 is 11.8 Å². The molecule has 0 saturated heterocycles. The number of carboxylic acids is 1. The van der Waals surface area contributed by atoms with Gasteiger partial charge in [-0.2, -0.15) is 5.26 Å². The smallest absolute Gasteiger partial charge is 0.313 e. The van der Waals surface area contributed by atoms with Crippen LogP contribution in [0.5, 0.6) is 0 Å². The highest BCUT2D eigenvalue weighted by molar-refractivity contribution is 7.99. The van der Waals surface area contributed by atoms with E-state index in [1.54, 1.807) is 0 Å². The van der Waals surface area contributed by atoms with Gasteiger partial charge in [-0.25, -0.2) is 9.37 Å². The predicted molar refractivity (Wildman–Crippen MR) is 66.6 cm³/mol. The summed E-state index contributed by atoms with van der Waals surface area (Å²) in [5.74, 6) is -1.69. The molecule has 0 amide bonds. The lowest BCUT2D eigenvalue weighted by Crippen LogP contribution is -2.03. The Hall–Kier alpha value is -2.33. The first kappa shape index (κ1) is 13.1. The van der Waals surface area contributed by atoms with Crippen LogP contribution in [0.1, 0.15) is 5.56 Å². The Morgan fingerprint density at radius 3 is 3.00 bits per heavy atom. The molecule has 0 aliphatic carbocycles. The molecule has 0 atom stereocenters. The number of imidazole rings is 1. The van der Waals surface area contributed by atoms with Crippen molar-refractivity contribution in [3.05, 3.63) is 42.0 Å². The number of halogens is 1. The third-order valence-electron chi connectivity index (χ3n) is 2.27. The minimum absolute atomic E-state index is 0.158. The van der Waals surface area contributed by atoms with Gasteiger partial charge >= 0.3 is 5.97 Å². The quantitative estimate of drug-likeness (QED) is 0.865. The number of aliphatic carboxylic acids is 1. The topological polar surface area (TPSA) is 78.9 Å². The maximum atomic E-state index is 13.9.